The van der Waals surface area contributed by atoms with Crippen LogP contribution >= 0.6 is 0 Å². The van der Waals surface area contributed by atoms with Crippen LogP contribution in [0.5, 0.6) is 17.2 Å². The lowest BCUT2D eigenvalue weighted by Gasteiger charge is -2.54. The zero-order valence-corrected chi connectivity index (χ0v) is 27.8. The van der Waals surface area contributed by atoms with Crippen LogP contribution in [-0.2, 0) is 24.6 Å². The molecule has 3 aliphatic carbocycles. The predicted molar refractivity (Wildman–Crippen MR) is 185 cm³/mol. The minimum atomic E-state index is -1.30. The first-order chi connectivity index (χ1) is 23.8. The van der Waals surface area contributed by atoms with Crippen LogP contribution in [0.1, 0.15) is 42.9 Å². The molecule has 2 fully saturated rings. The Morgan fingerprint density at radius 2 is 1.55 bits per heavy atom. The Hall–Kier alpha value is -5.24. The quantitative estimate of drug-likeness (QED) is 0.227. The van der Waals surface area contributed by atoms with Gasteiger partial charge in [-0.3, -0.25) is 24.1 Å². The Bertz CT molecular complexity index is 1900. The number of hydrogen-bond acceptors (Lipinski definition) is 7. The fourth-order valence-corrected chi connectivity index (χ4v) is 8.85. The van der Waals surface area contributed by atoms with E-state index in [0.29, 0.717) is 36.1 Å². The number of phenolic OH excluding ortho intramolecular Hbond substituents is 1. The number of rotatable bonds is 8. The maximum absolute atomic E-state index is 15.0. The van der Waals surface area contributed by atoms with Gasteiger partial charge in [-0.15, -0.1) is 0 Å². The molecule has 8 heteroatoms. The molecule has 7 rings (SSSR count). The van der Waals surface area contributed by atoms with E-state index >= 15 is 4.79 Å². The number of phenols is 1. The summed E-state index contributed by atoms with van der Waals surface area (Å²) in [5, 5.41) is 10.6. The molecule has 250 valence electrons. The van der Waals surface area contributed by atoms with Gasteiger partial charge in [0, 0.05) is 24.0 Å². The largest absolute Gasteiger partial charge is 0.502 e. The topological polar surface area (TPSA) is 110 Å². The summed E-state index contributed by atoms with van der Waals surface area (Å²) in [5.41, 5.74) is 2.00. The molecule has 0 unspecified atom stereocenters. The molecule has 3 aromatic carbocycles. The van der Waals surface area contributed by atoms with Crippen molar-refractivity contribution in [3.05, 3.63) is 113 Å². The average molecular weight is 658 g/mol. The minimum Gasteiger partial charge on any atom is -0.502 e. The summed E-state index contributed by atoms with van der Waals surface area (Å²) < 4.78 is 10.8. The van der Waals surface area contributed by atoms with Gasteiger partial charge in [0.2, 0.25) is 17.6 Å². The van der Waals surface area contributed by atoms with E-state index in [1.54, 1.807) is 12.1 Å². The van der Waals surface area contributed by atoms with Crippen LogP contribution in [0.25, 0.3) is 11.6 Å². The highest BCUT2D eigenvalue weighted by Gasteiger charge is 2.65. The van der Waals surface area contributed by atoms with Gasteiger partial charge in [-0.25, -0.2) is 0 Å². The number of imide groups is 1. The van der Waals surface area contributed by atoms with E-state index in [1.165, 1.54) is 25.2 Å². The van der Waals surface area contributed by atoms with Crippen LogP contribution in [-0.4, -0.2) is 54.2 Å². The zero-order chi connectivity index (χ0) is 34.4. The minimum absolute atomic E-state index is 0.130. The Kier molecular flexibility index (Phi) is 8.35. The van der Waals surface area contributed by atoms with Gasteiger partial charge in [-0.1, -0.05) is 91.4 Å². The number of ether oxygens (including phenoxy) is 2. The average Bonchev–Trinajstić information content (AvgIpc) is 3.37. The summed E-state index contributed by atoms with van der Waals surface area (Å²) in [6.45, 7) is 2.30. The van der Waals surface area contributed by atoms with Crippen molar-refractivity contribution in [2.45, 2.75) is 31.6 Å². The van der Waals surface area contributed by atoms with Crippen molar-refractivity contribution in [3.8, 4) is 17.2 Å². The SMILES string of the molecule is CCCN1C(=O)[C@H]2[C@H](CC=C3[C@H]2C[C@H]2C(=O)C(c4ccccc4)=CC(=O)[C@@]2(c2ccccc2)[C@H]3C=Cc2cc(OC)c(O)c(OC)c2)C1=O. The summed E-state index contributed by atoms with van der Waals surface area (Å²) >= 11 is 0. The molecule has 0 radical (unpaired) electrons. The van der Waals surface area contributed by atoms with Crippen LogP contribution in [0, 0.1) is 29.6 Å². The highest BCUT2D eigenvalue weighted by molar-refractivity contribution is 6.31. The number of methoxy groups -OCH3 is 2. The van der Waals surface area contributed by atoms with Crippen LogP contribution in [0.15, 0.2) is 96.6 Å². The van der Waals surface area contributed by atoms with E-state index < -0.39 is 35.0 Å². The molecule has 49 heavy (non-hydrogen) atoms. The highest BCUT2D eigenvalue weighted by atomic mass is 16.5. The number of amides is 2. The van der Waals surface area contributed by atoms with Gasteiger partial charge >= 0.3 is 0 Å². The van der Waals surface area contributed by atoms with Crippen LogP contribution in [0.3, 0.4) is 0 Å². The van der Waals surface area contributed by atoms with Gasteiger partial charge in [-0.2, -0.15) is 0 Å². The highest BCUT2D eigenvalue weighted by Crippen LogP contribution is 2.61. The maximum atomic E-state index is 15.0. The van der Waals surface area contributed by atoms with Crippen LogP contribution in [0.4, 0.5) is 0 Å². The molecule has 1 aliphatic heterocycles. The molecule has 2 amide bonds. The summed E-state index contributed by atoms with van der Waals surface area (Å²) in [5.74, 6) is -3.30. The number of likely N-dealkylation sites (tertiary alicyclic amines) is 1. The van der Waals surface area contributed by atoms with E-state index in [-0.39, 0.29) is 47.1 Å². The van der Waals surface area contributed by atoms with Crippen molar-refractivity contribution in [1.29, 1.82) is 0 Å². The molecule has 3 aromatic rings. The van der Waals surface area contributed by atoms with Crippen molar-refractivity contribution >= 4 is 35.0 Å². The number of carbonyl (C=O) groups is 4. The first-order valence-electron chi connectivity index (χ1n) is 16.9. The maximum Gasteiger partial charge on any atom is 0.233 e. The molecule has 0 bridgehead atoms. The second kappa shape index (κ2) is 12.7. The smallest absolute Gasteiger partial charge is 0.233 e. The monoisotopic (exact) mass is 657 g/mol. The summed E-state index contributed by atoms with van der Waals surface area (Å²) in [6.07, 6.45) is 8.66. The molecule has 1 heterocycles. The first-order valence-corrected chi connectivity index (χ1v) is 16.9. The zero-order valence-electron chi connectivity index (χ0n) is 27.8. The second-order valence-corrected chi connectivity index (χ2v) is 13.3. The molecule has 8 nitrogen and oxygen atoms in total. The van der Waals surface area contributed by atoms with Gasteiger partial charge < -0.3 is 14.6 Å². The lowest BCUT2D eigenvalue weighted by atomic mass is 9.45. The standard InChI is InChI=1S/C41H39NO7/c1-4-19-42-39(46)28-17-16-27-30(36(28)40(42)47)22-32-37(44)29(25-11-7-5-8-12-25)23-35(43)41(32,26-13-9-6-10-14-26)31(27)18-15-24-20-33(48-2)38(45)34(21-24)49-3/h5-16,18,20-21,23,28,30-32,36,45H,4,17,19,22H2,1-3H3/t28-,30+,31-,32-,36-,41-/m0/s1. The third-order valence-electron chi connectivity index (χ3n) is 11.0. The van der Waals surface area contributed by atoms with E-state index in [2.05, 4.69) is 6.08 Å². The first kappa shape index (κ1) is 32.3. The molecule has 0 spiro atoms. The number of ketones is 2. The molecular formula is C41H39NO7. The Morgan fingerprint density at radius 1 is 0.898 bits per heavy atom. The van der Waals surface area contributed by atoms with Crippen molar-refractivity contribution in [2.75, 3.05) is 20.8 Å². The fourth-order valence-electron chi connectivity index (χ4n) is 8.85. The van der Waals surface area contributed by atoms with Gasteiger partial charge in [0.05, 0.1) is 31.5 Å². The Balaban J connectivity index is 1.46. The normalized spacial score (nSPS) is 27.7. The number of aromatic hydroxyl groups is 1. The molecule has 6 atom stereocenters. The van der Waals surface area contributed by atoms with E-state index in [4.69, 9.17) is 9.47 Å². The fraction of sp³-hybridized carbons (Fsp3) is 0.317. The lowest BCUT2D eigenvalue weighted by Crippen LogP contribution is -2.59. The van der Waals surface area contributed by atoms with Crippen LogP contribution in [0.2, 0.25) is 0 Å². The number of carbonyl (C=O) groups excluding carboxylic acids is 4. The molecule has 4 aliphatic rings. The number of benzene rings is 3. The third kappa shape index (κ3) is 4.95. The Labute approximate surface area is 285 Å². The molecule has 1 saturated carbocycles. The predicted octanol–water partition coefficient (Wildman–Crippen LogP) is 6.19. The summed E-state index contributed by atoms with van der Waals surface area (Å²) in [4.78, 5) is 58.9. The second-order valence-electron chi connectivity index (χ2n) is 13.3. The number of hydrogen-bond donors (Lipinski definition) is 1. The number of nitrogens with zero attached hydrogens (tertiary/aromatic N) is 1. The number of fused-ring (bicyclic) bond motifs is 4. The van der Waals surface area contributed by atoms with Gasteiger partial charge in [0.25, 0.3) is 0 Å². The third-order valence-corrected chi connectivity index (χ3v) is 11.0. The molecule has 0 aromatic heterocycles. The van der Waals surface area contributed by atoms with Crippen molar-refractivity contribution in [1.82, 2.24) is 4.90 Å². The van der Waals surface area contributed by atoms with Gasteiger partial charge in [0.15, 0.2) is 23.1 Å². The number of allylic oxidation sites excluding steroid dienone is 5. The van der Waals surface area contributed by atoms with Gasteiger partial charge in [-0.05, 0) is 60.1 Å². The summed E-state index contributed by atoms with van der Waals surface area (Å²) in [6, 6.07) is 22.0. The van der Waals surface area contributed by atoms with E-state index in [1.807, 2.05) is 79.7 Å². The van der Waals surface area contributed by atoms with Crippen LogP contribution < -0.4 is 9.47 Å². The molecule has 1 N–H and O–H groups in total. The van der Waals surface area contributed by atoms with Gasteiger partial charge in [0.1, 0.15) is 0 Å². The van der Waals surface area contributed by atoms with Crippen molar-refractivity contribution < 1.29 is 33.8 Å². The van der Waals surface area contributed by atoms with E-state index in [0.717, 1.165) is 11.1 Å². The van der Waals surface area contributed by atoms with Crippen molar-refractivity contribution in [3.63, 3.8) is 0 Å². The van der Waals surface area contributed by atoms with E-state index in [9.17, 15) is 19.5 Å². The summed E-state index contributed by atoms with van der Waals surface area (Å²) in [7, 11) is 2.91. The molecular weight excluding hydrogens is 618 g/mol. The lowest BCUT2D eigenvalue weighted by molar-refractivity contribution is -0.140. The Morgan fingerprint density at radius 3 is 2.18 bits per heavy atom. The number of Topliss-reactive ketones (excluding diaryl/α,β-unsaturated/α-hetero) is 1. The molecule has 1 saturated heterocycles. The van der Waals surface area contributed by atoms with Crippen molar-refractivity contribution in [2.24, 2.45) is 29.6 Å².